The van der Waals surface area contributed by atoms with Gasteiger partial charge in [0.1, 0.15) is 0 Å². The molecule has 1 aromatic rings. The number of H-pyrrole nitrogens is 1. The third-order valence-corrected chi connectivity index (χ3v) is 3.65. The van der Waals surface area contributed by atoms with Crippen molar-refractivity contribution in [2.24, 2.45) is 0 Å². The molecule has 0 saturated heterocycles. The van der Waals surface area contributed by atoms with Crippen molar-refractivity contribution in [3.05, 3.63) is 12.5 Å². The highest BCUT2D eigenvalue weighted by Gasteiger charge is 2.30. The first-order chi connectivity index (χ1) is 7.23. The van der Waals surface area contributed by atoms with E-state index >= 15 is 0 Å². The number of halogens is 3. The van der Waals surface area contributed by atoms with E-state index in [1.165, 1.54) is 0 Å². The Bertz CT molecular complexity index is 426. The fourth-order valence-corrected chi connectivity index (χ4v) is 2.02. The Morgan fingerprint density at radius 2 is 2.12 bits per heavy atom. The molecule has 0 fully saturated rings. The van der Waals surface area contributed by atoms with E-state index in [1.807, 2.05) is 0 Å². The molecule has 0 aliphatic rings. The average molecular weight is 257 g/mol. The lowest BCUT2D eigenvalue weighted by molar-refractivity contribution is -0.135. The van der Waals surface area contributed by atoms with Gasteiger partial charge in [-0.3, -0.25) is 0 Å². The largest absolute Gasteiger partial charge is 0.390 e. The van der Waals surface area contributed by atoms with E-state index in [2.05, 4.69) is 9.97 Å². The number of aromatic amines is 1. The third-order valence-electron chi connectivity index (χ3n) is 1.87. The van der Waals surface area contributed by atoms with Gasteiger partial charge in [0.25, 0.3) is 10.0 Å². The van der Waals surface area contributed by atoms with Gasteiger partial charge in [0, 0.05) is 13.6 Å². The van der Waals surface area contributed by atoms with Gasteiger partial charge in [-0.05, 0) is 0 Å². The van der Waals surface area contributed by atoms with Crippen molar-refractivity contribution < 1.29 is 21.6 Å². The van der Waals surface area contributed by atoms with E-state index < -0.39 is 29.2 Å². The molecule has 0 saturated carbocycles. The number of rotatable bonds is 4. The maximum absolute atomic E-state index is 11.9. The van der Waals surface area contributed by atoms with Gasteiger partial charge in [0.15, 0.2) is 5.03 Å². The first kappa shape index (κ1) is 13.0. The zero-order valence-corrected chi connectivity index (χ0v) is 9.14. The highest BCUT2D eigenvalue weighted by atomic mass is 32.2. The van der Waals surface area contributed by atoms with Crippen LogP contribution in [0.15, 0.2) is 17.6 Å². The van der Waals surface area contributed by atoms with Gasteiger partial charge in [-0.2, -0.15) is 17.5 Å². The molecule has 0 unspecified atom stereocenters. The Kier molecular flexibility index (Phi) is 3.58. The number of sulfonamides is 1. The maximum Gasteiger partial charge on any atom is 0.390 e. The number of imidazole rings is 1. The average Bonchev–Trinajstić information content (AvgIpc) is 2.65. The molecule has 5 nitrogen and oxygen atoms in total. The standard InChI is InChI=1S/C7H10F3N3O2S/c1-13(3-2-7(8,9)10)16(14,15)6-4-11-5-12-6/h4-5H,2-3H2,1H3,(H,11,12). The highest BCUT2D eigenvalue weighted by molar-refractivity contribution is 7.89. The van der Waals surface area contributed by atoms with Gasteiger partial charge in [-0.15, -0.1) is 0 Å². The minimum atomic E-state index is -4.38. The van der Waals surface area contributed by atoms with E-state index in [1.54, 1.807) is 0 Å². The molecule has 0 radical (unpaired) electrons. The molecule has 1 aromatic heterocycles. The Hall–Kier alpha value is -1.09. The molecule has 9 heteroatoms. The molecular weight excluding hydrogens is 247 g/mol. The SMILES string of the molecule is CN(CCC(F)(F)F)S(=O)(=O)c1cnc[nH]1. The van der Waals surface area contributed by atoms with Crippen molar-refractivity contribution in [1.29, 1.82) is 0 Å². The Balaban J connectivity index is 2.71. The number of alkyl halides is 3. The molecular formula is C7H10F3N3O2S. The van der Waals surface area contributed by atoms with Crippen molar-refractivity contribution in [3.8, 4) is 0 Å². The van der Waals surface area contributed by atoms with Crippen LogP contribution < -0.4 is 0 Å². The molecule has 1 N–H and O–H groups in total. The minimum Gasteiger partial charge on any atom is -0.335 e. The summed E-state index contributed by atoms with van der Waals surface area (Å²) in [5, 5.41) is -0.225. The van der Waals surface area contributed by atoms with Crippen molar-refractivity contribution in [3.63, 3.8) is 0 Å². The van der Waals surface area contributed by atoms with Gasteiger partial charge < -0.3 is 4.98 Å². The zero-order chi connectivity index (χ0) is 12.4. The molecule has 0 bridgehead atoms. The second-order valence-corrected chi connectivity index (χ2v) is 5.12. The van der Waals surface area contributed by atoms with Crippen LogP contribution in [0.1, 0.15) is 6.42 Å². The zero-order valence-electron chi connectivity index (χ0n) is 8.32. The lowest BCUT2D eigenvalue weighted by Crippen LogP contribution is -2.30. The number of aromatic nitrogens is 2. The smallest absolute Gasteiger partial charge is 0.335 e. The van der Waals surface area contributed by atoms with Crippen LogP contribution in [-0.4, -0.2) is 42.5 Å². The van der Waals surface area contributed by atoms with Crippen LogP contribution in [0.25, 0.3) is 0 Å². The monoisotopic (exact) mass is 257 g/mol. The van der Waals surface area contributed by atoms with Crippen LogP contribution in [0.3, 0.4) is 0 Å². The quantitative estimate of drug-likeness (QED) is 0.874. The lowest BCUT2D eigenvalue weighted by Gasteiger charge is -2.16. The van der Waals surface area contributed by atoms with Gasteiger partial charge >= 0.3 is 6.18 Å². The second-order valence-electron chi connectivity index (χ2n) is 3.11. The van der Waals surface area contributed by atoms with Crippen molar-refractivity contribution >= 4 is 10.0 Å². The number of nitrogens with zero attached hydrogens (tertiary/aromatic N) is 2. The Morgan fingerprint density at radius 3 is 2.56 bits per heavy atom. The fraction of sp³-hybridized carbons (Fsp3) is 0.571. The molecule has 1 rings (SSSR count). The lowest BCUT2D eigenvalue weighted by atomic mass is 10.4. The van der Waals surface area contributed by atoms with Gasteiger partial charge in [0.2, 0.25) is 0 Å². The molecule has 0 aliphatic heterocycles. The van der Waals surface area contributed by atoms with Gasteiger partial charge in [-0.1, -0.05) is 0 Å². The van der Waals surface area contributed by atoms with Crippen molar-refractivity contribution in [2.45, 2.75) is 17.6 Å². The molecule has 0 atom stereocenters. The summed E-state index contributed by atoms with van der Waals surface area (Å²) in [5.41, 5.74) is 0. The van der Waals surface area contributed by atoms with Crippen LogP contribution in [0.5, 0.6) is 0 Å². The normalized spacial score (nSPS) is 13.3. The molecule has 92 valence electrons. The second kappa shape index (κ2) is 4.42. The first-order valence-electron chi connectivity index (χ1n) is 4.25. The summed E-state index contributed by atoms with van der Waals surface area (Å²) < 4.78 is 59.5. The minimum absolute atomic E-state index is 0.225. The van der Waals surface area contributed by atoms with Gasteiger partial charge in [-0.25, -0.2) is 13.4 Å². The molecule has 0 aliphatic carbocycles. The summed E-state index contributed by atoms with van der Waals surface area (Å²) in [6.45, 7) is -0.620. The van der Waals surface area contributed by atoms with Crippen molar-refractivity contribution in [2.75, 3.05) is 13.6 Å². The van der Waals surface area contributed by atoms with E-state index in [0.717, 1.165) is 19.6 Å². The van der Waals surface area contributed by atoms with E-state index in [9.17, 15) is 21.6 Å². The molecule has 1 heterocycles. The van der Waals surface area contributed by atoms with Gasteiger partial charge in [0.05, 0.1) is 18.9 Å². The van der Waals surface area contributed by atoms with Crippen LogP contribution in [0, 0.1) is 0 Å². The predicted molar refractivity (Wildman–Crippen MR) is 49.1 cm³/mol. The molecule has 0 spiro atoms. The number of hydrogen-bond donors (Lipinski definition) is 1. The summed E-state index contributed by atoms with van der Waals surface area (Å²) in [4.78, 5) is 5.83. The summed E-state index contributed by atoms with van der Waals surface area (Å²) in [5.74, 6) is 0. The third kappa shape index (κ3) is 3.20. The topological polar surface area (TPSA) is 66.1 Å². The summed E-state index contributed by atoms with van der Waals surface area (Å²) >= 11 is 0. The van der Waals surface area contributed by atoms with Crippen LogP contribution >= 0.6 is 0 Å². The fourth-order valence-electron chi connectivity index (χ4n) is 0.956. The summed E-state index contributed by atoms with van der Waals surface area (Å²) in [7, 11) is -2.82. The Morgan fingerprint density at radius 1 is 1.50 bits per heavy atom. The summed E-state index contributed by atoms with van der Waals surface area (Å²) in [6, 6.07) is 0. The maximum atomic E-state index is 11.9. The molecule has 16 heavy (non-hydrogen) atoms. The first-order valence-corrected chi connectivity index (χ1v) is 5.69. The highest BCUT2D eigenvalue weighted by Crippen LogP contribution is 2.21. The number of hydrogen-bond acceptors (Lipinski definition) is 3. The van der Waals surface area contributed by atoms with E-state index in [-0.39, 0.29) is 5.03 Å². The van der Waals surface area contributed by atoms with Crippen LogP contribution in [0.2, 0.25) is 0 Å². The van der Waals surface area contributed by atoms with Crippen LogP contribution in [0.4, 0.5) is 13.2 Å². The van der Waals surface area contributed by atoms with Crippen molar-refractivity contribution in [1.82, 2.24) is 14.3 Å². The van der Waals surface area contributed by atoms with E-state index in [0.29, 0.717) is 4.31 Å². The Labute approximate surface area is 90.3 Å². The molecule has 0 aromatic carbocycles. The van der Waals surface area contributed by atoms with Crippen LogP contribution in [-0.2, 0) is 10.0 Å². The molecule has 0 amide bonds. The predicted octanol–water partition coefficient (Wildman–Crippen LogP) is 0.983. The van der Waals surface area contributed by atoms with E-state index in [4.69, 9.17) is 0 Å². The number of nitrogens with one attached hydrogen (secondary N) is 1. The summed E-state index contributed by atoms with van der Waals surface area (Å²) in [6.07, 6.45) is -3.38.